The largest absolute Gasteiger partial charge is 0.321 e. The predicted octanol–water partition coefficient (Wildman–Crippen LogP) is 6.08. The molecule has 2 aromatic carbocycles. The Bertz CT molecular complexity index is 597. The van der Waals surface area contributed by atoms with Gasteiger partial charge in [0.05, 0.1) is 24.1 Å². The molecule has 2 aromatic rings. The minimum Gasteiger partial charge on any atom is -0.321 e. The van der Waals surface area contributed by atoms with E-state index in [1.165, 1.54) is 0 Å². The summed E-state index contributed by atoms with van der Waals surface area (Å²) >= 11 is 24.4. The molecule has 0 radical (unpaired) electrons. The van der Waals surface area contributed by atoms with E-state index in [4.69, 9.17) is 46.4 Å². The zero-order valence-corrected chi connectivity index (χ0v) is 14.9. The lowest BCUT2D eigenvalue weighted by Gasteiger charge is -2.30. The van der Waals surface area contributed by atoms with Gasteiger partial charge in [-0.15, -0.1) is 0 Å². The van der Waals surface area contributed by atoms with E-state index in [1.54, 1.807) is 12.1 Å². The molecule has 21 heavy (non-hydrogen) atoms. The highest BCUT2D eigenvalue weighted by Crippen LogP contribution is 2.27. The molecule has 0 fully saturated rings. The van der Waals surface area contributed by atoms with Crippen molar-refractivity contribution in [2.45, 2.75) is 13.1 Å². The molecule has 0 aliphatic heterocycles. The van der Waals surface area contributed by atoms with Crippen molar-refractivity contribution in [2.75, 3.05) is 14.1 Å². The van der Waals surface area contributed by atoms with E-state index in [-0.39, 0.29) is 0 Å². The van der Waals surface area contributed by atoms with E-state index in [9.17, 15) is 0 Å². The molecule has 0 saturated carbocycles. The summed E-state index contributed by atoms with van der Waals surface area (Å²) in [5.74, 6) is 0. The minimum absolute atomic E-state index is 0.648. The van der Waals surface area contributed by atoms with Gasteiger partial charge >= 0.3 is 0 Å². The fourth-order valence-corrected chi connectivity index (χ4v) is 3.21. The van der Waals surface area contributed by atoms with Crippen LogP contribution in [0.15, 0.2) is 36.4 Å². The van der Waals surface area contributed by atoms with Crippen molar-refractivity contribution in [2.24, 2.45) is 0 Å². The Morgan fingerprint density at radius 2 is 1.10 bits per heavy atom. The highest BCUT2D eigenvalue weighted by atomic mass is 35.5. The third kappa shape index (κ3) is 4.77. The van der Waals surface area contributed by atoms with Gasteiger partial charge in [0.15, 0.2) is 0 Å². The summed E-state index contributed by atoms with van der Waals surface area (Å²) in [5, 5.41) is 2.68. The van der Waals surface area contributed by atoms with Crippen LogP contribution in [0.3, 0.4) is 0 Å². The molecule has 0 heterocycles. The van der Waals surface area contributed by atoms with Gasteiger partial charge in [-0.1, -0.05) is 58.5 Å². The molecule has 2 rings (SSSR count). The van der Waals surface area contributed by atoms with Crippen LogP contribution in [-0.2, 0) is 13.1 Å². The Kier molecular flexibility index (Phi) is 5.45. The number of rotatable bonds is 4. The topological polar surface area (TPSA) is 0 Å². The van der Waals surface area contributed by atoms with Gasteiger partial charge in [-0.3, -0.25) is 0 Å². The van der Waals surface area contributed by atoms with E-state index in [0.29, 0.717) is 20.1 Å². The minimum atomic E-state index is 0.648. The van der Waals surface area contributed by atoms with Gasteiger partial charge in [-0.25, -0.2) is 0 Å². The van der Waals surface area contributed by atoms with Crippen molar-refractivity contribution in [3.05, 3.63) is 67.6 Å². The van der Waals surface area contributed by atoms with Crippen molar-refractivity contribution >= 4 is 46.4 Å². The number of quaternary nitrogens is 1. The Morgan fingerprint density at radius 1 is 0.714 bits per heavy atom. The molecule has 0 bridgehead atoms. The van der Waals surface area contributed by atoms with Crippen molar-refractivity contribution < 1.29 is 4.48 Å². The van der Waals surface area contributed by atoms with E-state index in [2.05, 4.69) is 14.1 Å². The molecule has 0 aliphatic carbocycles. The Labute approximate surface area is 145 Å². The number of nitrogens with zero attached hydrogens (tertiary/aromatic N) is 1. The van der Waals surface area contributed by atoms with Gasteiger partial charge in [-0.2, -0.15) is 0 Å². The lowest BCUT2D eigenvalue weighted by molar-refractivity contribution is -0.916. The van der Waals surface area contributed by atoms with Crippen LogP contribution in [-0.4, -0.2) is 18.6 Å². The van der Waals surface area contributed by atoms with Crippen LogP contribution in [0.5, 0.6) is 0 Å². The molecule has 0 N–H and O–H groups in total. The molecule has 0 amide bonds. The molecule has 0 saturated heterocycles. The molecule has 0 unspecified atom stereocenters. The van der Waals surface area contributed by atoms with Gasteiger partial charge in [0.25, 0.3) is 0 Å². The van der Waals surface area contributed by atoms with Gasteiger partial charge in [0, 0.05) is 21.2 Å². The number of hydrogen-bond donors (Lipinski definition) is 0. The van der Waals surface area contributed by atoms with E-state index in [1.807, 2.05) is 24.3 Å². The molecule has 0 atom stereocenters. The van der Waals surface area contributed by atoms with Crippen LogP contribution < -0.4 is 0 Å². The van der Waals surface area contributed by atoms with Crippen LogP contribution in [0.25, 0.3) is 0 Å². The summed E-state index contributed by atoms with van der Waals surface area (Å²) < 4.78 is 0.725. The first-order valence-electron chi connectivity index (χ1n) is 6.47. The van der Waals surface area contributed by atoms with Gasteiger partial charge in [-0.05, 0) is 24.3 Å². The second-order valence-corrected chi connectivity index (χ2v) is 7.41. The lowest BCUT2D eigenvalue weighted by atomic mass is 10.1. The quantitative estimate of drug-likeness (QED) is 0.577. The van der Waals surface area contributed by atoms with Crippen LogP contribution >= 0.6 is 46.4 Å². The Morgan fingerprint density at radius 3 is 1.43 bits per heavy atom. The average Bonchev–Trinajstić information content (AvgIpc) is 2.36. The van der Waals surface area contributed by atoms with Gasteiger partial charge < -0.3 is 4.48 Å². The van der Waals surface area contributed by atoms with E-state index >= 15 is 0 Å². The van der Waals surface area contributed by atoms with Crippen molar-refractivity contribution in [3.8, 4) is 0 Å². The fourth-order valence-electron chi connectivity index (χ4n) is 2.28. The highest BCUT2D eigenvalue weighted by molar-refractivity contribution is 6.35. The summed E-state index contributed by atoms with van der Waals surface area (Å²) in [7, 11) is 4.27. The third-order valence-electron chi connectivity index (χ3n) is 3.23. The summed E-state index contributed by atoms with van der Waals surface area (Å²) in [5.41, 5.74) is 2.13. The molecule has 1 nitrogen and oxygen atoms in total. The Hall–Kier alpha value is -0.440. The predicted molar refractivity (Wildman–Crippen MR) is 92.4 cm³/mol. The second-order valence-electron chi connectivity index (χ2n) is 5.72. The molecule has 5 heteroatoms. The molecular weight excluding hydrogens is 348 g/mol. The first-order valence-corrected chi connectivity index (χ1v) is 7.98. The van der Waals surface area contributed by atoms with Crippen LogP contribution in [0.4, 0.5) is 0 Å². The van der Waals surface area contributed by atoms with Crippen LogP contribution in [0.1, 0.15) is 11.1 Å². The first-order chi connectivity index (χ1) is 9.77. The third-order valence-corrected chi connectivity index (χ3v) is 4.40. The van der Waals surface area contributed by atoms with Crippen molar-refractivity contribution in [3.63, 3.8) is 0 Å². The summed E-state index contributed by atoms with van der Waals surface area (Å²) in [6, 6.07) is 11.2. The smallest absolute Gasteiger partial charge is 0.106 e. The summed E-state index contributed by atoms with van der Waals surface area (Å²) in [4.78, 5) is 0. The second kappa shape index (κ2) is 6.76. The molecule has 0 spiro atoms. The normalized spacial score (nSPS) is 11.7. The van der Waals surface area contributed by atoms with Gasteiger partial charge in [0.1, 0.15) is 13.1 Å². The zero-order chi connectivity index (χ0) is 15.6. The fraction of sp³-hybridized carbons (Fsp3) is 0.250. The van der Waals surface area contributed by atoms with E-state index < -0.39 is 0 Å². The molecular formula is C16H16Cl4N+. The first kappa shape index (κ1) is 16.9. The molecule has 0 aromatic heterocycles. The number of hydrogen-bond acceptors (Lipinski definition) is 0. The number of halogens is 4. The lowest BCUT2D eigenvalue weighted by Crippen LogP contribution is -2.38. The van der Waals surface area contributed by atoms with Gasteiger partial charge in [0.2, 0.25) is 0 Å². The standard InChI is InChI=1S/C16H16Cl4N/c1-21(2,9-11-3-5-13(17)7-15(11)19)10-12-4-6-14(18)8-16(12)20/h3-8H,9-10H2,1-2H3/q+1. The van der Waals surface area contributed by atoms with Crippen molar-refractivity contribution in [1.29, 1.82) is 0 Å². The molecule has 0 aliphatic rings. The van der Waals surface area contributed by atoms with Crippen LogP contribution in [0.2, 0.25) is 20.1 Å². The Balaban J connectivity index is 2.18. The number of benzene rings is 2. The monoisotopic (exact) mass is 362 g/mol. The maximum Gasteiger partial charge on any atom is 0.106 e. The summed E-state index contributed by atoms with van der Waals surface area (Å²) in [6.07, 6.45) is 0. The maximum atomic E-state index is 6.25. The van der Waals surface area contributed by atoms with E-state index in [0.717, 1.165) is 28.7 Å². The highest BCUT2D eigenvalue weighted by Gasteiger charge is 2.20. The SMILES string of the molecule is C[N+](C)(Cc1ccc(Cl)cc1Cl)Cc1ccc(Cl)cc1Cl. The van der Waals surface area contributed by atoms with Crippen molar-refractivity contribution in [1.82, 2.24) is 0 Å². The maximum absolute atomic E-state index is 6.25. The van der Waals surface area contributed by atoms with Crippen LogP contribution in [0, 0.1) is 0 Å². The summed E-state index contributed by atoms with van der Waals surface area (Å²) in [6.45, 7) is 1.57. The zero-order valence-electron chi connectivity index (χ0n) is 11.8. The average molecular weight is 364 g/mol. The molecule has 112 valence electrons.